The van der Waals surface area contributed by atoms with Gasteiger partial charge in [-0.05, 0) is 135 Å². The first-order chi connectivity index (χ1) is 30.6. The second-order valence-corrected chi connectivity index (χ2v) is 15.9. The highest BCUT2D eigenvalue weighted by molar-refractivity contribution is 6.10. The fourth-order valence-electron chi connectivity index (χ4n) is 9.30. The lowest BCUT2D eigenvalue weighted by Gasteiger charge is -2.29. The van der Waals surface area contributed by atoms with Crippen LogP contribution in [0.15, 0.2) is 224 Å². The first-order valence-electron chi connectivity index (χ1n) is 20.9. The second kappa shape index (κ2) is 14.5. The average Bonchev–Trinajstić information content (AvgIpc) is 3.66. The Kier molecular flexibility index (Phi) is 8.36. The van der Waals surface area contributed by atoms with E-state index >= 15 is 0 Å². The van der Waals surface area contributed by atoms with Crippen molar-refractivity contribution in [3.63, 3.8) is 0 Å². The third kappa shape index (κ3) is 6.03. The number of hydrogen-bond acceptors (Lipinski definition) is 2. The Labute approximate surface area is 358 Å². The lowest BCUT2D eigenvalue weighted by atomic mass is 9.94. The topological polar surface area (TPSA) is 17.4 Å². The van der Waals surface area contributed by atoms with Gasteiger partial charge >= 0.3 is 0 Å². The quantitative estimate of drug-likeness (QED) is 0.160. The maximum Gasteiger partial charge on any atom is 0.137 e. The summed E-state index contributed by atoms with van der Waals surface area (Å²) >= 11 is 0. The molecule has 0 saturated heterocycles. The van der Waals surface area contributed by atoms with Crippen molar-refractivity contribution in [3.05, 3.63) is 230 Å². The smallest absolute Gasteiger partial charge is 0.137 e. The molecular weight excluding hydrogens is 760 g/mol. The Bertz CT molecular complexity index is 3420. The zero-order valence-corrected chi connectivity index (χ0v) is 33.5. The van der Waals surface area contributed by atoms with Crippen LogP contribution in [0.3, 0.4) is 0 Å². The lowest BCUT2D eigenvalue weighted by Crippen LogP contribution is -2.11. The van der Waals surface area contributed by atoms with Crippen molar-refractivity contribution in [2.24, 2.45) is 0 Å². The average molecular weight is 797 g/mol. The van der Waals surface area contributed by atoms with Crippen LogP contribution in [0, 0.1) is 5.82 Å². The molecule has 0 saturated carbocycles. The largest absolute Gasteiger partial charge is 0.456 e. The van der Waals surface area contributed by atoms with Gasteiger partial charge in [0.15, 0.2) is 0 Å². The molecule has 0 unspecified atom stereocenters. The minimum atomic E-state index is -0.247. The van der Waals surface area contributed by atoms with Gasteiger partial charge in [-0.2, -0.15) is 0 Å². The molecule has 0 aliphatic carbocycles. The molecule has 0 atom stereocenters. The number of nitrogens with zero attached hydrogens (tertiary/aromatic N) is 2. The highest BCUT2D eigenvalue weighted by Gasteiger charge is 2.23. The zero-order chi connectivity index (χ0) is 41.1. The van der Waals surface area contributed by atoms with Gasteiger partial charge in [-0.25, -0.2) is 4.39 Å². The molecule has 0 radical (unpaired) electrons. The monoisotopic (exact) mass is 796 g/mol. The highest BCUT2D eigenvalue weighted by atomic mass is 19.1. The minimum absolute atomic E-state index is 0.247. The van der Waals surface area contributed by atoms with Gasteiger partial charge in [0.25, 0.3) is 0 Å². The first kappa shape index (κ1) is 35.7. The fourth-order valence-corrected chi connectivity index (χ4v) is 9.30. The summed E-state index contributed by atoms with van der Waals surface area (Å²) in [5, 5.41) is 4.60. The number of aromatic nitrogens is 1. The van der Waals surface area contributed by atoms with E-state index in [-0.39, 0.29) is 5.82 Å². The normalized spacial score (nSPS) is 11.8. The Morgan fingerprint density at radius 1 is 0.371 bits per heavy atom. The van der Waals surface area contributed by atoms with Crippen molar-refractivity contribution in [1.29, 1.82) is 0 Å². The van der Waals surface area contributed by atoms with E-state index in [4.69, 9.17) is 4.74 Å². The SMILES string of the molecule is Fc1ccc(-n2c3ccccc3c3cc(-c4ccc(N(c5cc(-c6ccccc6)cc(-c6ccccc6)c5)c5ccc6c(c5)Oc5cccc7cccc-6c57)cc4)ccc32)cc1. The summed E-state index contributed by atoms with van der Waals surface area (Å²) in [5.41, 5.74) is 15.2. The van der Waals surface area contributed by atoms with Crippen molar-refractivity contribution >= 4 is 49.6 Å². The molecule has 4 heteroatoms. The van der Waals surface area contributed by atoms with Crippen LogP contribution in [0.5, 0.6) is 11.5 Å². The van der Waals surface area contributed by atoms with Gasteiger partial charge in [-0.3, -0.25) is 0 Å². The summed E-state index contributed by atoms with van der Waals surface area (Å²) in [5.74, 6) is 1.45. The van der Waals surface area contributed by atoms with Gasteiger partial charge < -0.3 is 14.2 Å². The van der Waals surface area contributed by atoms with Gasteiger partial charge in [0.1, 0.15) is 17.3 Å². The Morgan fingerprint density at radius 3 is 1.74 bits per heavy atom. The molecule has 292 valence electrons. The number of benzene rings is 10. The predicted molar refractivity (Wildman–Crippen MR) is 255 cm³/mol. The number of fused-ring (bicyclic) bond motifs is 5. The number of para-hydroxylation sites is 1. The van der Waals surface area contributed by atoms with Crippen molar-refractivity contribution in [1.82, 2.24) is 4.57 Å². The van der Waals surface area contributed by atoms with E-state index in [0.29, 0.717) is 0 Å². The second-order valence-electron chi connectivity index (χ2n) is 15.9. The number of rotatable bonds is 7. The molecule has 10 aromatic carbocycles. The molecule has 2 heterocycles. The highest BCUT2D eigenvalue weighted by Crippen LogP contribution is 2.49. The molecular formula is C58H37FN2O. The van der Waals surface area contributed by atoms with E-state index in [1.165, 1.54) is 23.1 Å². The standard InChI is InChI=1S/C58H37FN2O/c59-45-24-28-47(29-25-45)61-54-19-8-7-17-50(54)53-36-42(23-32-55(53)61)40-21-26-46(27-22-40)60(48-30-31-51-52-18-9-15-41-16-10-20-56(58(41)52)62-57(51)37-48)49-34-43(38-11-3-1-4-12-38)33-44(35-49)39-13-5-2-6-14-39/h1-37H. The third-order valence-electron chi connectivity index (χ3n) is 12.2. The lowest BCUT2D eigenvalue weighted by molar-refractivity contribution is 0.487. The van der Waals surface area contributed by atoms with E-state index in [1.54, 1.807) is 0 Å². The molecule has 0 N–H and O–H groups in total. The number of anilines is 3. The number of halogens is 1. The predicted octanol–water partition coefficient (Wildman–Crippen LogP) is 16.3. The van der Waals surface area contributed by atoms with Crippen molar-refractivity contribution in [2.75, 3.05) is 4.90 Å². The molecule has 62 heavy (non-hydrogen) atoms. The number of hydrogen-bond donors (Lipinski definition) is 0. The van der Waals surface area contributed by atoms with E-state index in [9.17, 15) is 4.39 Å². The van der Waals surface area contributed by atoms with E-state index < -0.39 is 0 Å². The van der Waals surface area contributed by atoms with Crippen LogP contribution in [-0.2, 0) is 0 Å². The fraction of sp³-hybridized carbons (Fsp3) is 0. The van der Waals surface area contributed by atoms with Crippen LogP contribution >= 0.6 is 0 Å². The molecule has 1 aliphatic heterocycles. The van der Waals surface area contributed by atoms with E-state index in [1.807, 2.05) is 12.1 Å². The zero-order valence-electron chi connectivity index (χ0n) is 33.5. The molecule has 0 amide bonds. The van der Waals surface area contributed by atoms with Gasteiger partial charge in [-0.1, -0.05) is 127 Å². The molecule has 0 fully saturated rings. The molecule has 0 bridgehead atoms. The summed E-state index contributed by atoms with van der Waals surface area (Å²) < 4.78 is 22.9. The van der Waals surface area contributed by atoms with Crippen molar-refractivity contribution in [3.8, 4) is 61.7 Å². The summed E-state index contributed by atoms with van der Waals surface area (Å²) in [4.78, 5) is 2.34. The molecule has 0 spiro atoms. The molecule has 1 aromatic heterocycles. The van der Waals surface area contributed by atoms with Crippen LogP contribution in [-0.4, -0.2) is 4.57 Å². The molecule has 1 aliphatic rings. The molecule has 3 nitrogen and oxygen atoms in total. The van der Waals surface area contributed by atoms with Gasteiger partial charge in [-0.15, -0.1) is 0 Å². The van der Waals surface area contributed by atoms with Gasteiger partial charge in [0, 0.05) is 50.5 Å². The maximum absolute atomic E-state index is 14.0. The van der Waals surface area contributed by atoms with E-state index in [0.717, 1.165) is 100 Å². The third-order valence-corrected chi connectivity index (χ3v) is 12.2. The van der Waals surface area contributed by atoms with E-state index in [2.05, 4.69) is 210 Å². The van der Waals surface area contributed by atoms with Crippen LogP contribution < -0.4 is 9.64 Å². The Morgan fingerprint density at radius 2 is 1.00 bits per heavy atom. The van der Waals surface area contributed by atoms with Crippen LogP contribution in [0.1, 0.15) is 0 Å². The van der Waals surface area contributed by atoms with Crippen molar-refractivity contribution < 1.29 is 9.13 Å². The molecule has 11 aromatic rings. The van der Waals surface area contributed by atoms with Crippen LogP contribution in [0.25, 0.3) is 82.8 Å². The minimum Gasteiger partial charge on any atom is -0.456 e. The Hall–Kier alpha value is -8.21. The first-order valence-corrected chi connectivity index (χ1v) is 20.9. The van der Waals surface area contributed by atoms with Crippen LogP contribution in [0.2, 0.25) is 0 Å². The van der Waals surface area contributed by atoms with Crippen LogP contribution in [0.4, 0.5) is 21.5 Å². The Balaban J connectivity index is 1.01. The summed E-state index contributed by atoms with van der Waals surface area (Å²) in [7, 11) is 0. The number of ether oxygens (including phenoxy) is 1. The summed E-state index contributed by atoms with van der Waals surface area (Å²) in [6.07, 6.45) is 0. The summed E-state index contributed by atoms with van der Waals surface area (Å²) in [6, 6.07) is 78.0. The summed E-state index contributed by atoms with van der Waals surface area (Å²) in [6.45, 7) is 0. The van der Waals surface area contributed by atoms with Crippen molar-refractivity contribution in [2.45, 2.75) is 0 Å². The van der Waals surface area contributed by atoms with Gasteiger partial charge in [0.05, 0.1) is 11.0 Å². The molecule has 12 rings (SSSR count). The van der Waals surface area contributed by atoms with Gasteiger partial charge in [0.2, 0.25) is 0 Å². The maximum atomic E-state index is 14.0.